The van der Waals surface area contributed by atoms with E-state index in [1.165, 1.54) is 23.1 Å². The van der Waals surface area contributed by atoms with Gasteiger partial charge in [0.1, 0.15) is 0 Å². The molecule has 0 saturated heterocycles. The summed E-state index contributed by atoms with van der Waals surface area (Å²) < 4.78 is 26.5. The van der Waals surface area contributed by atoms with E-state index in [0.29, 0.717) is 5.69 Å². The third-order valence-electron chi connectivity index (χ3n) is 3.42. The molecule has 2 N–H and O–H groups in total. The largest absolute Gasteiger partial charge is 0.339 e. The molecule has 9 heteroatoms. The average Bonchev–Trinajstić information content (AvgIpc) is 2.63. The Balaban J connectivity index is 2.10. The summed E-state index contributed by atoms with van der Waals surface area (Å²) >= 11 is 1.09. The Morgan fingerprint density at radius 2 is 1.74 bits per heavy atom. The lowest BCUT2D eigenvalue weighted by atomic mass is 10.2. The van der Waals surface area contributed by atoms with Crippen LogP contribution < -0.4 is 10.0 Å². The molecule has 0 aromatic heterocycles. The van der Waals surface area contributed by atoms with Crippen LogP contribution in [-0.4, -0.2) is 45.1 Å². The summed E-state index contributed by atoms with van der Waals surface area (Å²) in [6.45, 7) is 1.95. The third kappa shape index (κ3) is 5.81. The lowest BCUT2D eigenvalue weighted by Gasteiger charge is -2.10. The lowest BCUT2D eigenvalue weighted by molar-refractivity contribution is 0.102. The zero-order chi connectivity index (χ0) is 20.0. The predicted molar refractivity (Wildman–Crippen MR) is 107 cm³/mol. The summed E-state index contributed by atoms with van der Waals surface area (Å²) in [7, 11) is -0.282. The maximum Gasteiger partial charge on any atom is 0.285 e. The summed E-state index contributed by atoms with van der Waals surface area (Å²) in [5.74, 6) is -0.423. The number of hydrogen-bond donors (Lipinski definition) is 2. The van der Waals surface area contributed by atoms with Crippen molar-refractivity contribution in [1.29, 1.82) is 0 Å². The van der Waals surface area contributed by atoms with Crippen LogP contribution in [0.15, 0.2) is 58.3 Å². The van der Waals surface area contributed by atoms with Gasteiger partial charge in [-0.25, -0.2) is 13.1 Å². The molecule has 0 unspecified atom stereocenters. The van der Waals surface area contributed by atoms with E-state index in [1.807, 2.05) is 0 Å². The van der Waals surface area contributed by atoms with Crippen molar-refractivity contribution in [2.45, 2.75) is 16.7 Å². The van der Waals surface area contributed by atoms with Gasteiger partial charge in [-0.05, 0) is 54.2 Å². The molecule has 0 aliphatic heterocycles. The van der Waals surface area contributed by atoms with Crippen LogP contribution in [0.25, 0.3) is 0 Å². The number of thioether (sulfide) groups is 1. The SMILES string of the molecule is CCNS(=O)(=O)c1cccc(C(=O)Nc2ccc(SC(=O)N(C)C)cc2)c1. The molecule has 27 heavy (non-hydrogen) atoms. The van der Waals surface area contributed by atoms with E-state index in [2.05, 4.69) is 10.0 Å². The molecule has 0 aliphatic carbocycles. The molecule has 0 spiro atoms. The molecule has 0 saturated carbocycles. The average molecular weight is 408 g/mol. The Bertz CT molecular complexity index is 926. The highest BCUT2D eigenvalue weighted by molar-refractivity contribution is 8.13. The van der Waals surface area contributed by atoms with Crippen molar-refractivity contribution in [3.05, 3.63) is 54.1 Å². The first-order valence-electron chi connectivity index (χ1n) is 8.13. The molecular formula is C18H21N3O4S2. The Morgan fingerprint density at radius 3 is 2.33 bits per heavy atom. The molecule has 2 aromatic carbocycles. The number of carbonyl (C=O) groups excluding carboxylic acids is 2. The van der Waals surface area contributed by atoms with Crippen LogP contribution in [0.4, 0.5) is 10.5 Å². The van der Waals surface area contributed by atoms with Crippen LogP contribution in [0.3, 0.4) is 0 Å². The fraction of sp³-hybridized carbons (Fsp3) is 0.222. The molecule has 0 atom stereocenters. The molecule has 0 radical (unpaired) electrons. The van der Waals surface area contributed by atoms with Gasteiger partial charge in [0, 0.05) is 36.8 Å². The quantitative estimate of drug-likeness (QED) is 0.718. The molecule has 2 aromatic rings. The molecule has 2 amide bonds. The molecule has 144 valence electrons. The summed E-state index contributed by atoms with van der Waals surface area (Å²) in [5.41, 5.74) is 0.775. The second kappa shape index (κ2) is 9.03. The van der Waals surface area contributed by atoms with E-state index in [-0.39, 0.29) is 22.2 Å². The monoisotopic (exact) mass is 407 g/mol. The number of rotatable bonds is 6. The van der Waals surface area contributed by atoms with E-state index in [4.69, 9.17) is 0 Å². The van der Waals surface area contributed by atoms with Crippen LogP contribution in [0.2, 0.25) is 0 Å². The van der Waals surface area contributed by atoms with Crippen molar-refractivity contribution in [3.63, 3.8) is 0 Å². The first kappa shape index (κ1) is 20.9. The molecule has 0 bridgehead atoms. The maximum absolute atomic E-state index is 12.4. The smallest absolute Gasteiger partial charge is 0.285 e. The summed E-state index contributed by atoms with van der Waals surface area (Å²) in [5, 5.41) is 2.62. The van der Waals surface area contributed by atoms with Crippen LogP contribution in [0, 0.1) is 0 Å². The zero-order valence-electron chi connectivity index (χ0n) is 15.2. The highest BCUT2D eigenvalue weighted by atomic mass is 32.2. The van der Waals surface area contributed by atoms with Gasteiger partial charge in [-0.3, -0.25) is 9.59 Å². The van der Waals surface area contributed by atoms with Gasteiger partial charge in [-0.1, -0.05) is 13.0 Å². The number of nitrogens with one attached hydrogen (secondary N) is 2. The summed E-state index contributed by atoms with van der Waals surface area (Å²) in [6.07, 6.45) is 0. The zero-order valence-corrected chi connectivity index (χ0v) is 16.9. The van der Waals surface area contributed by atoms with Gasteiger partial charge >= 0.3 is 0 Å². The van der Waals surface area contributed by atoms with Crippen molar-refractivity contribution in [3.8, 4) is 0 Å². The maximum atomic E-state index is 12.4. The minimum Gasteiger partial charge on any atom is -0.339 e. The Morgan fingerprint density at radius 1 is 1.07 bits per heavy atom. The van der Waals surface area contributed by atoms with E-state index in [1.54, 1.807) is 51.4 Å². The van der Waals surface area contributed by atoms with Gasteiger partial charge in [0.2, 0.25) is 10.0 Å². The Hall–Kier alpha value is -2.36. The van der Waals surface area contributed by atoms with Crippen LogP contribution >= 0.6 is 11.8 Å². The van der Waals surface area contributed by atoms with Crippen molar-refractivity contribution in [1.82, 2.24) is 9.62 Å². The number of anilines is 1. The molecular weight excluding hydrogens is 386 g/mol. The summed E-state index contributed by atoms with van der Waals surface area (Å²) in [6, 6.07) is 12.6. The first-order chi connectivity index (χ1) is 12.7. The van der Waals surface area contributed by atoms with Crippen molar-refractivity contribution < 1.29 is 18.0 Å². The minimum atomic E-state index is -3.63. The number of carbonyl (C=O) groups is 2. The fourth-order valence-electron chi connectivity index (χ4n) is 2.08. The highest BCUT2D eigenvalue weighted by Crippen LogP contribution is 2.23. The fourth-order valence-corrected chi connectivity index (χ4v) is 3.82. The van der Waals surface area contributed by atoms with Gasteiger partial charge in [-0.15, -0.1) is 0 Å². The predicted octanol–water partition coefficient (Wildman–Crippen LogP) is 3.01. The standard InChI is InChI=1S/C18H21N3O4S2/c1-4-19-27(24,25)16-7-5-6-13(12-16)17(22)20-14-8-10-15(11-9-14)26-18(23)21(2)3/h5-12,19H,4H2,1-3H3,(H,20,22). The van der Waals surface area contributed by atoms with Crippen molar-refractivity contribution in [2.24, 2.45) is 0 Å². The lowest BCUT2D eigenvalue weighted by Crippen LogP contribution is -2.23. The van der Waals surface area contributed by atoms with Gasteiger partial charge in [0.15, 0.2) is 0 Å². The minimum absolute atomic E-state index is 0.0333. The van der Waals surface area contributed by atoms with E-state index >= 15 is 0 Å². The van der Waals surface area contributed by atoms with Crippen molar-refractivity contribution in [2.75, 3.05) is 26.0 Å². The van der Waals surface area contributed by atoms with Crippen LogP contribution in [-0.2, 0) is 10.0 Å². The summed E-state index contributed by atoms with van der Waals surface area (Å²) in [4.78, 5) is 26.4. The number of hydrogen-bond acceptors (Lipinski definition) is 5. The van der Waals surface area contributed by atoms with Gasteiger partial charge in [-0.2, -0.15) is 0 Å². The second-order valence-corrected chi connectivity index (χ2v) is 8.56. The van der Waals surface area contributed by atoms with Crippen LogP contribution in [0.5, 0.6) is 0 Å². The molecule has 0 fully saturated rings. The topological polar surface area (TPSA) is 95.6 Å². The first-order valence-corrected chi connectivity index (χ1v) is 10.4. The number of sulfonamides is 1. The van der Waals surface area contributed by atoms with Gasteiger partial charge in [0.25, 0.3) is 11.1 Å². The second-order valence-electron chi connectivity index (χ2n) is 5.77. The van der Waals surface area contributed by atoms with Crippen LogP contribution in [0.1, 0.15) is 17.3 Å². The normalized spacial score (nSPS) is 11.1. The highest BCUT2D eigenvalue weighted by Gasteiger charge is 2.15. The Kier molecular flexibility index (Phi) is 7.00. The third-order valence-corrected chi connectivity index (χ3v) is 6.01. The number of benzene rings is 2. The van der Waals surface area contributed by atoms with Crippen molar-refractivity contribution >= 4 is 38.6 Å². The Labute approximate surface area is 163 Å². The van der Waals surface area contributed by atoms with Gasteiger partial charge in [0.05, 0.1) is 4.90 Å². The molecule has 0 aliphatic rings. The molecule has 2 rings (SSSR count). The molecule has 0 heterocycles. The van der Waals surface area contributed by atoms with E-state index < -0.39 is 15.9 Å². The van der Waals surface area contributed by atoms with E-state index in [9.17, 15) is 18.0 Å². The number of amides is 2. The van der Waals surface area contributed by atoms with E-state index in [0.717, 1.165) is 16.7 Å². The molecule has 7 nitrogen and oxygen atoms in total. The number of nitrogens with zero attached hydrogens (tertiary/aromatic N) is 1. The van der Waals surface area contributed by atoms with Gasteiger partial charge < -0.3 is 10.2 Å².